The van der Waals surface area contributed by atoms with Gasteiger partial charge in [-0.25, -0.2) is 4.39 Å². The lowest BCUT2D eigenvalue weighted by Crippen LogP contribution is -2.40. The molecule has 3 aromatic rings. The molecule has 1 aromatic heterocycles. The van der Waals surface area contributed by atoms with Crippen LogP contribution >= 0.6 is 11.3 Å². The number of hydrogen-bond acceptors (Lipinski definition) is 2. The quantitative estimate of drug-likeness (QED) is 0.433. The molecule has 4 heteroatoms. The van der Waals surface area contributed by atoms with Crippen molar-refractivity contribution in [3.63, 3.8) is 0 Å². The average molecular weight is 408 g/mol. The highest BCUT2D eigenvalue weighted by Crippen LogP contribution is 2.38. The summed E-state index contributed by atoms with van der Waals surface area (Å²) in [6, 6.07) is 16.5. The molecular formula is C25H26FNOS. The molecule has 4 rings (SSSR count). The third-order valence-electron chi connectivity index (χ3n) is 5.68. The fourth-order valence-corrected chi connectivity index (χ4v) is 5.00. The summed E-state index contributed by atoms with van der Waals surface area (Å²) in [5.41, 5.74) is 4.12. The van der Waals surface area contributed by atoms with Gasteiger partial charge in [-0.15, -0.1) is 11.3 Å². The molecule has 1 atom stereocenters. The molecule has 0 N–H and O–H groups in total. The van der Waals surface area contributed by atoms with Crippen molar-refractivity contribution in [2.45, 2.75) is 45.1 Å². The molecule has 0 saturated carbocycles. The Morgan fingerprint density at radius 3 is 2.55 bits per heavy atom. The summed E-state index contributed by atoms with van der Waals surface area (Å²) in [5.74, 6) is -0.220. The highest BCUT2D eigenvalue weighted by atomic mass is 32.1. The first-order chi connectivity index (χ1) is 14.2. The molecule has 1 aliphatic heterocycles. The van der Waals surface area contributed by atoms with Crippen LogP contribution in [0.1, 0.15) is 64.2 Å². The van der Waals surface area contributed by atoms with Gasteiger partial charge in [-0.3, -0.25) is 4.79 Å². The minimum atomic E-state index is -0.258. The maximum absolute atomic E-state index is 13.5. The van der Waals surface area contributed by atoms with Gasteiger partial charge in [-0.2, -0.15) is 0 Å². The van der Waals surface area contributed by atoms with Crippen molar-refractivity contribution in [3.8, 4) is 0 Å². The maximum atomic E-state index is 13.5. The maximum Gasteiger partial charge on any atom is 0.254 e. The number of halogens is 1. The van der Waals surface area contributed by atoms with E-state index in [4.69, 9.17) is 0 Å². The number of aryl methyl sites for hydroxylation is 1. The van der Waals surface area contributed by atoms with Crippen LogP contribution in [-0.2, 0) is 12.8 Å². The van der Waals surface area contributed by atoms with E-state index in [9.17, 15) is 9.18 Å². The lowest BCUT2D eigenvalue weighted by molar-refractivity contribution is 0.0696. The predicted octanol–water partition coefficient (Wildman–Crippen LogP) is 6.41. The zero-order chi connectivity index (χ0) is 20.2. The van der Waals surface area contributed by atoms with E-state index in [0.29, 0.717) is 6.54 Å². The van der Waals surface area contributed by atoms with Gasteiger partial charge in [0.1, 0.15) is 5.82 Å². The van der Waals surface area contributed by atoms with Gasteiger partial charge in [-0.1, -0.05) is 44.0 Å². The molecule has 0 saturated heterocycles. The van der Waals surface area contributed by atoms with E-state index < -0.39 is 0 Å². The molecule has 150 valence electrons. The average Bonchev–Trinajstić information content (AvgIpc) is 3.23. The second-order valence-electron chi connectivity index (χ2n) is 7.66. The molecule has 0 fully saturated rings. The first-order valence-electron chi connectivity index (χ1n) is 10.4. The van der Waals surface area contributed by atoms with Crippen molar-refractivity contribution < 1.29 is 9.18 Å². The van der Waals surface area contributed by atoms with Crippen molar-refractivity contribution in [1.29, 1.82) is 0 Å². The van der Waals surface area contributed by atoms with Gasteiger partial charge >= 0.3 is 0 Å². The number of amides is 1. The van der Waals surface area contributed by atoms with Gasteiger partial charge in [-0.05, 0) is 71.7 Å². The number of thiophene rings is 1. The van der Waals surface area contributed by atoms with E-state index in [1.807, 2.05) is 17.0 Å². The SMILES string of the molecule is CCCCCc1ccc(C(=O)N2CCc3sccc3C2c2ccc(F)cc2)cc1. The van der Waals surface area contributed by atoms with Crippen molar-refractivity contribution in [3.05, 3.63) is 92.9 Å². The van der Waals surface area contributed by atoms with Crippen molar-refractivity contribution in [2.24, 2.45) is 0 Å². The van der Waals surface area contributed by atoms with Crippen LogP contribution in [0.25, 0.3) is 0 Å². The van der Waals surface area contributed by atoms with E-state index in [1.165, 1.54) is 41.8 Å². The number of fused-ring (bicyclic) bond motifs is 1. The highest BCUT2D eigenvalue weighted by molar-refractivity contribution is 7.10. The number of nitrogens with zero attached hydrogens (tertiary/aromatic N) is 1. The monoisotopic (exact) mass is 407 g/mol. The van der Waals surface area contributed by atoms with Crippen LogP contribution in [0.5, 0.6) is 0 Å². The summed E-state index contributed by atoms with van der Waals surface area (Å²) in [6.45, 7) is 2.88. The number of hydrogen-bond donors (Lipinski definition) is 0. The Kier molecular flexibility index (Phi) is 6.10. The predicted molar refractivity (Wildman–Crippen MR) is 117 cm³/mol. The molecule has 0 spiro atoms. The van der Waals surface area contributed by atoms with Crippen molar-refractivity contribution >= 4 is 17.2 Å². The largest absolute Gasteiger partial charge is 0.327 e. The summed E-state index contributed by atoms with van der Waals surface area (Å²) < 4.78 is 13.5. The van der Waals surface area contributed by atoms with Gasteiger partial charge in [0.25, 0.3) is 5.91 Å². The third-order valence-corrected chi connectivity index (χ3v) is 6.68. The van der Waals surface area contributed by atoms with Gasteiger partial charge < -0.3 is 4.90 Å². The van der Waals surface area contributed by atoms with Crippen LogP contribution in [0, 0.1) is 5.82 Å². The lowest BCUT2D eigenvalue weighted by atomic mass is 9.92. The van der Waals surface area contributed by atoms with Crippen LogP contribution in [0.3, 0.4) is 0 Å². The molecule has 29 heavy (non-hydrogen) atoms. The summed E-state index contributed by atoms with van der Waals surface area (Å²) in [6.07, 6.45) is 5.55. The highest BCUT2D eigenvalue weighted by Gasteiger charge is 2.33. The van der Waals surface area contributed by atoms with E-state index in [1.54, 1.807) is 23.5 Å². The number of rotatable bonds is 6. The number of unbranched alkanes of at least 4 members (excludes halogenated alkanes) is 2. The normalized spacial score (nSPS) is 15.9. The molecule has 1 aliphatic rings. The first kappa shape index (κ1) is 19.8. The van der Waals surface area contributed by atoms with Crippen LogP contribution in [-0.4, -0.2) is 17.4 Å². The zero-order valence-electron chi connectivity index (χ0n) is 16.7. The minimum absolute atomic E-state index is 0.0382. The second kappa shape index (κ2) is 8.91. The fraction of sp³-hybridized carbons (Fsp3) is 0.320. The molecular weight excluding hydrogens is 381 g/mol. The molecule has 0 radical (unpaired) electrons. The summed E-state index contributed by atoms with van der Waals surface area (Å²) in [5, 5.41) is 2.08. The number of carbonyl (C=O) groups is 1. The molecule has 2 nitrogen and oxygen atoms in total. The molecule has 1 unspecified atom stereocenters. The topological polar surface area (TPSA) is 20.3 Å². The van der Waals surface area contributed by atoms with Gasteiger partial charge in [0.05, 0.1) is 6.04 Å². The second-order valence-corrected chi connectivity index (χ2v) is 8.66. The Morgan fingerprint density at radius 2 is 1.83 bits per heavy atom. The molecule has 1 amide bonds. The smallest absolute Gasteiger partial charge is 0.254 e. The van der Waals surface area contributed by atoms with E-state index in [0.717, 1.165) is 29.5 Å². The van der Waals surface area contributed by atoms with Gasteiger partial charge in [0, 0.05) is 17.0 Å². The van der Waals surface area contributed by atoms with Crippen LogP contribution in [0.2, 0.25) is 0 Å². The summed E-state index contributed by atoms with van der Waals surface area (Å²) in [4.78, 5) is 16.7. The Hall–Kier alpha value is -2.46. The molecule has 0 aliphatic carbocycles. The summed E-state index contributed by atoms with van der Waals surface area (Å²) >= 11 is 1.74. The Labute approximate surface area is 176 Å². The van der Waals surface area contributed by atoms with Crippen LogP contribution < -0.4 is 0 Å². The lowest BCUT2D eigenvalue weighted by Gasteiger charge is -2.36. The molecule has 2 aromatic carbocycles. The molecule has 2 heterocycles. The third kappa shape index (κ3) is 4.27. The molecule has 0 bridgehead atoms. The number of carbonyl (C=O) groups excluding carboxylic acids is 1. The zero-order valence-corrected chi connectivity index (χ0v) is 17.6. The standard InChI is InChI=1S/C25H26FNOS/c1-2-3-4-5-18-6-8-20(9-7-18)25(28)27-16-14-23-22(15-17-29-23)24(27)19-10-12-21(26)13-11-19/h6-13,15,17,24H,2-5,14,16H2,1H3. The van der Waals surface area contributed by atoms with Crippen molar-refractivity contribution in [2.75, 3.05) is 6.54 Å². The fourth-order valence-electron chi connectivity index (χ4n) is 4.10. The van der Waals surface area contributed by atoms with Gasteiger partial charge in [0.15, 0.2) is 0 Å². The van der Waals surface area contributed by atoms with Gasteiger partial charge in [0.2, 0.25) is 0 Å². The Morgan fingerprint density at radius 1 is 1.07 bits per heavy atom. The summed E-state index contributed by atoms with van der Waals surface area (Å²) in [7, 11) is 0. The van der Waals surface area contributed by atoms with Crippen LogP contribution in [0.4, 0.5) is 4.39 Å². The number of benzene rings is 2. The van der Waals surface area contributed by atoms with E-state index >= 15 is 0 Å². The van der Waals surface area contributed by atoms with Crippen LogP contribution in [0.15, 0.2) is 60.0 Å². The van der Waals surface area contributed by atoms with Crippen molar-refractivity contribution in [1.82, 2.24) is 4.90 Å². The Bertz CT molecular complexity index is 961. The first-order valence-corrected chi connectivity index (χ1v) is 11.3. The minimum Gasteiger partial charge on any atom is -0.327 e. The Balaban J connectivity index is 1.60. The van der Waals surface area contributed by atoms with E-state index in [2.05, 4.69) is 30.5 Å². The van der Waals surface area contributed by atoms with E-state index in [-0.39, 0.29) is 17.8 Å².